The van der Waals surface area contributed by atoms with E-state index >= 15 is 0 Å². The van der Waals surface area contributed by atoms with Crippen LogP contribution in [-0.4, -0.2) is 32.4 Å². The summed E-state index contributed by atoms with van der Waals surface area (Å²) in [6.45, 7) is 2.14. The van der Waals surface area contributed by atoms with Gasteiger partial charge in [0, 0.05) is 32.0 Å². The fourth-order valence-corrected chi connectivity index (χ4v) is 1.80. The molecule has 0 atom stereocenters. The molecule has 1 aromatic heterocycles. The highest BCUT2D eigenvalue weighted by Gasteiger charge is 2.06. The summed E-state index contributed by atoms with van der Waals surface area (Å²) in [5.41, 5.74) is 1.00. The zero-order valence-corrected chi connectivity index (χ0v) is 12.3. The van der Waals surface area contributed by atoms with E-state index in [1.807, 2.05) is 36.4 Å². The highest BCUT2D eigenvalue weighted by atomic mass is 16.5. The second kappa shape index (κ2) is 8.24. The quantitative estimate of drug-likeness (QED) is 0.757. The molecule has 2 rings (SSSR count). The first-order valence-corrected chi connectivity index (χ1v) is 6.79. The molecule has 0 spiro atoms. The number of ether oxygens (including phenoxy) is 3. The van der Waals surface area contributed by atoms with Gasteiger partial charge < -0.3 is 19.5 Å². The summed E-state index contributed by atoms with van der Waals surface area (Å²) in [6.07, 6.45) is 1.72. The first kappa shape index (κ1) is 15.3. The Labute approximate surface area is 124 Å². The molecule has 0 bridgehead atoms. The maximum Gasteiger partial charge on any atom is 0.223 e. The lowest BCUT2D eigenvalue weighted by molar-refractivity contribution is 0.199. The number of hydrogen-bond acceptors (Lipinski definition) is 5. The van der Waals surface area contributed by atoms with Gasteiger partial charge in [-0.2, -0.15) is 0 Å². The van der Waals surface area contributed by atoms with Crippen LogP contribution in [-0.2, 0) is 11.3 Å². The number of methoxy groups -OCH3 is 2. The van der Waals surface area contributed by atoms with Gasteiger partial charge in [-0.05, 0) is 30.3 Å². The van der Waals surface area contributed by atoms with Crippen molar-refractivity contribution < 1.29 is 14.2 Å². The molecule has 0 fully saturated rings. The molecule has 0 amide bonds. The van der Waals surface area contributed by atoms with Crippen molar-refractivity contribution in [1.29, 1.82) is 0 Å². The summed E-state index contributed by atoms with van der Waals surface area (Å²) < 4.78 is 16.0. The molecule has 0 radical (unpaired) electrons. The van der Waals surface area contributed by atoms with E-state index < -0.39 is 0 Å². The Balaban J connectivity index is 2.01. The number of nitrogens with zero attached hydrogens (tertiary/aromatic N) is 1. The zero-order valence-electron chi connectivity index (χ0n) is 12.3. The topological polar surface area (TPSA) is 52.6 Å². The van der Waals surface area contributed by atoms with Gasteiger partial charge in [0.1, 0.15) is 11.5 Å². The fourth-order valence-electron chi connectivity index (χ4n) is 1.80. The third kappa shape index (κ3) is 4.73. The highest BCUT2D eigenvalue weighted by molar-refractivity contribution is 5.35. The molecule has 5 nitrogen and oxygen atoms in total. The lowest BCUT2D eigenvalue weighted by Gasteiger charge is -2.11. The third-order valence-corrected chi connectivity index (χ3v) is 2.92. The normalized spacial score (nSPS) is 10.4. The molecule has 112 valence electrons. The van der Waals surface area contributed by atoms with Crippen LogP contribution in [0.2, 0.25) is 0 Å². The van der Waals surface area contributed by atoms with Crippen molar-refractivity contribution in [2.45, 2.75) is 6.54 Å². The Morgan fingerprint density at radius 3 is 2.52 bits per heavy atom. The first-order chi connectivity index (χ1) is 10.3. The molecule has 0 aliphatic carbocycles. The molecule has 0 saturated carbocycles. The van der Waals surface area contributed by atoms with Crippen LogP contribution < -0.4 is 14.8 Å². The predicted molar refractivity (Wildman–Crippen MR) is 80.9 cm³/mol. The van der Waals surface area contributed by atoms with Crippen LogP contribution >= 0.6 is 0 Å². The maximum atomic E-state index is 5.83. The Hall–Kier alpha value is -2.11. The highest BCUT2D eigenvalue weighted by Crippen LogP contribution is 2.24. The summed E-state index contributed by atoms with van der Waals surface area (Å²) >= 11 is 0. The van der Waals surface area contributed by atoms with E-state index in [1.54, 1.807) is 20.4 Å². The number of pyridine rings is 1. The molecule has 0 aliphatic rings. The zero-order chi connectivity index (χ0) is 14.9. The molecular weight excluding hydrogens is 268 g/mol. The molecule has 1 N–H and O–H groups in total. The van der Waals surface area contributed by atoms with Crippen molar-refractivity contribution in [2.24, 2.45) is 0 Å². The van der Waals surface area contributed by atoms with Crippen molar-refractivity contribution >= 4 is 0 Å². The number of rotatable bonds is 8. The van der Waals surface area contributed by atoms with Gasteiger partial charge in [0.05, 0.1) is 13.7 Å². The van der Waals surface area contributed by atoms with Gasteiger partial charge in [-0.15, -0.1) is 0 Å². The molecule has 2 aromatic rings. The van der Waals surface area contributed by atoms with E-state index in [0.29, 0.717) is 19.0 Å². The Morgan fingerprint density at radius 2 is 1.81 bits per heavy atom. The van der Waals surface area contributed by atoms with Gasteiger partial charge in [-0.25, -0.2) is 4.98 Å². The minimum Gasteiger partial charge on any atom is -0.497 e. The van der Waals surface area contributed by atoms with Crippen molar-refractivity contribution in [2.75, 3.05) is 27.4 Å². The lowest BCUT2D eigenvalue weighted by Crippen LogP contribution is -2.19. The molecule has 0 unspecified atom stereocenters. The van der Waals surface area contributed by atoms with E-state index in [9.17, 15) is 0 Å². The van der Waals surface area contributed by atoms with Crippen molar-refractivity contribution in [3.63, 3.8) is 0 Å². The van der Waals surface area contributed by atoms with Crippen LogP contribution in [0.15, 0.2) is 42.6 Å². The van der Waals surface area contributed by atoms with Crippen molar-refractivity contribution in [3.05, 3.63) is 48.2 Å². The van der Waals surface area contributed by atoms with Gasteiger partial charge in [0.25, 0.3) is 0 Å². The number of nitrogens with one attached hydrogen (secondary N) is 1. The number of aromatic nitrogens is 1. The monoisotopic (exact) mass is 288 g/mol. The number of hydrogen-bond donors (Lipinski definition) is 1. The lowest BCUT2D eigenvalue weighted by atomic mass is 10.2. The average Bonchev–Trinajstić information content (AvgIpc) is 2.54. The van der Waals surface area contributed by atoms with Gasteiger partial charge >= 0.3 is 0 Å². The first-order valence-electron chi connectivity index (χ1n) is 6.79. The fraction of sp³-hybridized carbons (Fsp3) is 0.312. The average molecular weight is 288 g/mol. The van der Waals surface area contributed by atoms with Crippen LogP contribution in [0, 0.1) is 0 Å². The van der Waals surface area contributed by atoms with Crippen LogP contribution in [0.5, 0.6) is 17.4 Å². The molecule has 1 aromatic carbocycles. The molecule has 0 aliphatic heterocycles. The molecular formula is C16H20N2O3. The van der Waals surface area contributed by atoms with E-state index in [2.05, 4.69) is 10.3 Å². The summed E-state index contributed by atoms with van der Waals surface area (Å²) in [6, 6.07) is 11.3. The summed E-state index contributed by atoms with van der Waals surface area (Å²) in [4.78, 5) is 4.29. The molecule has 21 heavy (non-hydrogen) atoms. The molecule has 0 saturated heterocycles. The largest absolute Gasteiger partial charge is 0.497 e. The van der Waals surface area contributed by atoms with Crippen molar-refractivity contribution in [1.82, 2.24) is 10.3 Å². The molecule has 1 heterocycles. The minimum atomic E-state index is 0.604. The third-order valence-electron chi connectivity index (χ3n) is 2.92. The van der Waals surface area contributed by atoms with E-state index in [0.717, 1.165) is 23.6 Å². The summed E-state index contributed by atoms with van der Waals surface area (Å²) in [5, 5.41) is 3.28. The Morgan fingerprint density at radius 1 is 1.05 bits per heavy atom. The van der Waals surface area contributed by atoms with Gasteiger partial charge in [0.15, 0.2) is 0 Å². The second-order valence-corrected chi connectivity index (χ2v) is 4.41. The Kier molecular flexibility index (Phi) is 5.99. The van der Waals surface area contributed by atoms with Crippen LogP contribution in [0.3, 0.4) is 0 Å². The summed E-state index contributed by atoms with van der Waals surface area (Å²) in [7, 11) is 3.32. The van der Waals surface area contributed by atoms with Crippen molar-refractivity contribution in [3.8, 4) is 17.4 Å². The molecule has 5 heteroatoms. The predicted octanol–water partition coefficient (Wildman–Crippen LogP) is 2.62. The van der Waals surface area contributed by atoms with Crippen LogP contribution in [0.25, 0.3) is 0 Å². The van der Waals surface area contributed by atoms with E-state index in [-0.39, 0.29) is 0 Å². The Bertz CT molecular complexity index is 543. The van der Waals surface area contributed by atoms with Gasteiger partial charge in [-0.1, -0.05) is 6.07 Å². The standard InChI is InChI=1S/C16H20N2O3/c1-19-11-10-17-12-13-4-3-9-18-16(13)21-15-7-5-14(20-2)6-8-15/h3-9,17H,10-12H2,1-2H3. The van der Waals surface area contributed by atoms with Gasteiger partial charge in [0.2, 0.25) is 5.88 Å². The van der Waals surface area contributed by atoms with Crippen LogP contribution in [0.1, 0.15) is 5.56 Å². The van der Waals surface area contributed by atoms with Gasteiger partial charge in [-0.3, -0.25) is 0 Å². The minimum absolute atomic E-state index is 0.604. The SMILES string of the molecule is COCCNCc1cccnc1Oc1ccc(OC)cc1. The number of benzene rings is 1. The van der Waals surface area contributed by atoms with E-state index in [1.165, 1.54) is 0 Å². The maximum absolute atomic E-state index is 5.83. The second-order valence-electron chi connectivity index (χ2n) is 4.41. The smallest absolute Gasteiger partial charge is 0.223 e. The van der Waals surface area contributed by atoms with Crippen LogP contribution in [0.4, 0.5) is 0 Å². The summed E-state index contributed by atoms with van der Waals surface area (Å²) in [5.74, 6) is 2.13. The van der Waals surface area contributed by atoms with E-state index in [4.69, 9.17) is 14.2 Å².